The van der Waals surface area contributed by atoms with Gasteiger partial charge in [-0.25, -0.2) is 4.39 Å². The molecule has 0 unspecified atom stereocenters. The molecule has 0 bridgehead atoms. The number of rotatable bonds is 5. The van der Waals surface area contributed by atoms with Crippen molar-refractivity contribution in [2.24, 2.45) is 0 Å². The van der Waals surface area contributed by atoms with Crippen molar-refractivity contribution < 1.29 is 14.3 Å². The second-order valence-electron chi connectivity index (χ2n) is 4.37. The van der Waals surface area contributed by atoms with Gasteiger partial charge in [0.2, 0.25) is 0 Å². The first-order chi connectivity index (χ1) is 9.54. The van der Waals surface area contributed by atoms with Gasteiger partial charge in [0.1, 0.15) is 5.82 Å². The molecule has 2 N–H and O–H groups in total. The van der Waals surface area contributed by atoms with E-state index in [4.69, 9.17) is 5.11 Å². The first-order valence-electron chi connectivity index (χ1n) is 6.03. The van der Waals surface area contributed by atoms with E-state index >= 15 is 0 Å². The van der Waals surface area contributed by atoms with Gasteiger partial charge in [-0.2, -0.15) is 0 Å². The average Bonchev–Trinajstić information content (AvgIpc) is 2.41. The van der Waals surface area contributed by atoms with E-state index in [0.29, 0.717) is 11.0 Å². The van der Waals surface area contributed by atoms with Crippen molar-refractivity contribution in [3.8, 4) is 0 Å². The molecule has 0 aromatic heterocycles. The number of carboxylic acid groups (broad SMARTS) is 1. The number of carboxylic acids is 1. The number of aliphatic carboxylic acids is 1. The molecular weight excluding hydrogens is 325 g/mol. The third-order valence-corrected chi connectivity index (χ3v) is 3.40. The summed E-state index contributed by atoms with van der Waals surface area (Å²) < 4.78 is 13.5. The highest BCUT2D eigenvalue weighted by atomic mass is 79.9. The van der Waals surface area contributed by atoms with Crippen LogP contribution in [-0.2, 0) is 17.8 Å². The molecule has 0 spiro atoms. The van der Waals surface area contributed by atoms with Gasteiger partial charge >= 0.3 is 5.97 Å². The van der Waals surface area contributed by atoms with E-state index in [9.17, 15) is 9.18 Å². The predicted molar refractivity (Wildman–Crippen MR) is 79.2 cm³/mol. The van der Waals surface area contributed by atoms with Crippen LogP contribution in [0.15, 0.2) is 46.9 Å². The molecule has 104 valence electrons. The van der Waals surface area contributed by atoms with E-state index in [-0.39, 0.29) is 12.2 Å². The topological polar surface area (TPSA) is 49.3 Å². The van der Waals surface area contributed by atoms with Crippen molar-refractivity contribution in [3.63, 3.8) is 0 Å². The van der Waals surface area contributed by atoms with E-state index in [1.165, 1.54) is 6.07 Å². The lowest BCUT2D eigenvalue weighted by molar-refractivity contribution is -0.136. The van der Waals surface area contributed by atoms with E-state index in [1.54, 1.807) is 24.3 Å². The SMILES string of the molecule is O=C(O)Cc1ccc(CNc2ccc(F)c(Br)c2)cc1. The van der Waals surface area contributed by atoms with Crippen molar-refractivity contribution in [3.05, 3.63) is 63.9 Å². The molecule has 0 aliphatic heterocycles. The minimum Gasteiger partial charge on any atom is -0.481 e. The lowest BCUT2D eigenvalue weighted by Gasteiger charge is -2.08. The fraction of sp³-hybridized carbons (Fsp3) is 0.133. The number of benzene rings is 2. The Morgan fingerprint density at radius 2 is 1.80 bits per heavy atom. The summed E-state index contributed by atoms with van der Waals surface area (Å²) in [5, 5.41) is 11.9. The van der Waals surface area contributed by atoms with E-state index in [2.05, 4.69) is 21.2 Å². The maximum absolute atomic E-state index is 13.1. The van der Waals surface area contributed by atoms with Gasteiger partial charge < -0.3 is 10.4 Å². The zero-order valence-electron chi connectivity index (χ0n) is 10.6. The average molecular weight is 338 g/mol. The molecule has 0 aliphatic carbocycles. The molecule has 0 saturated heterocycles. The number of hydrogen-bond acceptors (Lipinski definition) is 2. The molecule has 2 aromatic carbocycles. The predicted octanol–water partition coefficient (Wildman–Crippen LogP) is 3.83. The van der Waals surface area contributed by atoms with Gasteiger partial charge in [-0.05, 0) is 45.3 Å². The van der Waals surface area contributed by atoms with Gasteiger partial charge in [-0.15, -0.1) is 0 Å². The molecule has 0 fully saturated rings. The Morgan fingerprint density at radius 1 is 1.15 bits per heavy atom. The molecule has 0 aliphatic rings. The maximum atomic E-state index is 13.1. The lowest BCUT2D eigenvalue weighted by Crippen LogP contribution is -2.02. The van der Waals surface area contributed by atoms with Crippen LogP contribution in [0.3, 0.4) is 0 Å². The zero-order chi connectivity index (χ0) is 14.5. The van der Waals surface area contributed by atoms with Gasteiger partial charge in [-0.1, -0.05) is 24.3 Å². The summed E-state index contributed by atoms with van der Waals surface area (Å²) in [6, 6.07) is 12.1. The van der Waals surface area contributed by atoms with Gasteiger partial charge in [0, 0.05) is 12.2 Å². The second kappa shape index (κ2) is 6.52. The Morgan fingerprint density at radius 3 is 2.40 bits per heavy atom. The van der Waals surface area contributed by atoms with Crippen molar-refractivity contribution in [1.82, 2.24) is 0 Å². The molecule has 2 rings (SSSR count). The number of carbonyl (C=O) groups is 1. The quantitative estimate of drug-likeness (QED) is 0.871. The largest absolute Gasteiger partial charge is 0.481 e. The van der Waals surface area contributed by atoms with E-state index < -0.39 is 5.97 Å². The molecule has 5 heteroatoms. The van der Waals surface area contributed by atoms with Crippen molar-refractivity contribution in [1.29, 1.82) is 0 Å². The number of anilines is 1. The standard InChI is InChI=1S/C15H13BrFNO2/c16-13-8-12(5-6-14(13)17)18-9-11-3-1-10(2-4-11)7-15(19)20/h1-6,8,18H,7,9H2,(H,19,20). The molecule has 2 aromatic rings. The summed E-state index contributed by atoms with van der Waals surface area (Å²) in [5.74, 6) is -1.14. The number of hydrogen-bond donors (Lipinski definition) is 2. The monoisotopic (exact) mass is 337 g/mol. The van der Waals surface area contributed by atoms with Crippen LogP contribution < -0.4 is 5.32 Å². The van der Waals surface area contributed by atoms with Crippen LogP contribution in [0.5, 0.6) is 0 Å². The first-order valence-corrected chi connectivity index (χ1v) is 6.82. The Kier molecular flexibility index (Phi) is 4.74. The minimum atomic E-state index is -0.841. The molecule has 0 atom stereocenters. The first kappa shape index (κ1) is 14.5. The highest BCUT2D eigenvalue weighted by Crippen LogP contribution is 2.20. The normalized spacial score (nSPS) is 10.3. The van der Waals surface area contributed by atoms with Crippen LogP contribution in [0.4, 0.5) is 10.1 Å². The molecule has 0 saturated carbocycles. The summed E-state index contributed by atoms with van der Waals surface area (Å²) >= 11 is 3.13. The van der Waals surface area contributed by atoms with Gasteiger partial charge in [-0.3, -0.25) is 4.79 Å². The third kappa shape index (κ3) is 4.06. The Hall–Kier alpha value is -1.88. The van der Waals surface area contributed by atoms with E-state index in [1.807, 2.05) is 12.1 Å². The van der Waals surface area contributed by atoms with Crippen LogP contribution >= 0.6 is 15.9 Å². The zero-order valence-corrected chi connectivity index (χ0v) is 12.2. The Bertz CT molecular complexity index is 614. The summed E-state index contributed by atoms with van der Waals surface area (Å²) in [5.41, 5.74) is 2.61. The highest BCUT2D eigenvalue weighted by Gasteiger charge is 2.02. The van der Waals surface area contributed by atoms with Gasteiger partial charge in [0.15, 0.2) is 0 Å². The van der Waals surface area contributed by atoms with Crippen molar-refractivity contribution >= 4 is 27.6 Å². The summed E-state index contributed by atoms with van der Waals surface area (Å²) in [6.45, 7) is 0.589. The fourth-order valence-electron chi connectivity index (χ4n) is 1.76. The van der Waals surface area contributed by atoms with Crippen LogP contribution in [0.1, 0.15) is 11.1 Å². The van der Waals surface area contributed by atoms with Crippen molar-refractivity contribution in [2.45, 2.75) is 13.0 Å². The summed E-state index contributed by atoms with van der Waals surface area (Å²) in [6.07, 6.45) is 0.0264. The number of halogens is 2. The number of nitrogens with one attached hydrogen (secondary N) is 1. The molecule has 0 amide bonds. The molecule has 0 heterocycles. The fourth-order valence-corrected chi connectivity index (χ4v) is 2.14. The molecule has 20 heavy (non-hydrogen) atoms. The lowest BCUT2D eigenvalue weighted by atomic mass is 10.1. The smallest absolute Gasteiger partial charge is 0.307 e. The highest BCUT2D eigenvalue weighted by molar-refractivity contribution is 9.10. The van der Waals surface area contributed by atoms with Crippen LogP contribution in [0.2, 0.25) is 0 Å². The molecule has 0 radical (unpaired) electrons. The van der Waals surface area contributed by atoms with Crippen LogP contribution in [0.25, 0.3) is 0 Å². The third-order valence-electron chi connectivity index (χ3n) is 2.79. The maximum Gasteiger partial charge on any atom is 0.307 e. The van der Waals surface area contributed by atoms with Crippen LogP contribution in [-0.4, -0.2) is 11.1 Å². The van der Waals surface area contributed by atoms with Gasteiger partial charge in [0.05, 0.1) is 10.9 Å². The minimum absolute atomic E-state index is 0.0264. The molecule has 3 nitrogen and oxygen atoms in total. The second-order valence-corrected chi connectivity index (χ2v) is 5.22. The van der Waals surface area contributed by atoms with Gasteiger partial charge in [0.25, 0.3) is 0 Å². The van der Waals surface area contributed by atoms with Crippen LogP contribution in [0, 0.1) is 5.82 Å². The summed E-state index contributed by atoms with van der Waals surface area (Å²) in [7, 11) is 0. The summed E-state index contributed by atoms with van der Waals surface area (Å²) in [4.78, 5) is 10.6. The Labute approximate surface area is 124 Å². The van der Waals surface area contributed by atoms with E-state index in [0.717, 1.165) is 16.8 Å². The van der Waals surface area contributed by atoms with Crippen molar-refractivity contribution in [2.75, 3.05) is 5.32 Å². The Balaban J connectivity index is 1.96. The molecular formula is C15H13BrFNO2.